The average molecular weight is 239 g/mol. The van der Waals surface area contributed by atoms with Gasteiger partial charge in [-0.25, -0.2) is 8.78 Å². The molecule has 0 heterocycles. The van der Waals surface area contributed by atoms with Crippen LogP contribution in [0.15, 0.2) is 16.6 Å². The van der Waals surface area contributed by atoms with E-state index in [9.17, 15) is 8.78 Å². The highest BCUT2D eigenvalue weighted by molar-refractivity contribution is 9.10. The predicted octanol–water partition coefficient (Wildman–Crippen LogP) is 2.60. The van der Waals surface area contributed by atoms with E-state index in [-0.39, 0.29) is 10.2 Å². The number of phenolic OH excluding ortho intramolecular Hbond substituents is 1. The summed E-state index contributed by atoms with van der Waals surface area (Å²) in [5.74, 6) is -1.29. The van der Waals surface area contributed by atoms with Crippen LogP contribution < -0.4 is 4.74 Å². The fourth-order valence-electron chi connectivity index (χ4n) is 0.697. The summed E-state index contributed by atoms with van der Waals surface area (Å²) in [7, 11) is 0. The van der Waals surface area contributed by atoms with E-state index in [0.29, 0.717) is 0 Å². The summed E-state index contributed by atoms with van der Waals surface area (Å²) >= 11 is 2.83. The van der Waals surface area contributed by atoms with Gasteiger partial charge in [0, 0.05) is 6.07 Å². The van der Waals surface area contributed by atoms with Gasteiger partial charge >= 0.3 is 0 Å². The first-order valence-corrected chi connectivity index (χ1v) is 3.81. The fraction of sp³-hybridized carbons (Fsp3) is 0.143. The second-order valence-electron chi connectivity index (χ2n) is 1.99. The van der Waals surface area contributed by atoms with Crippen molar-refractivity contribution in [3.8, 4) is 11.5 Å². The van der Waals surface area contributed by atoms with Gasteiger partial charge in [-0.15, -0.1) is 0 Å². The first-order valence-electron chi connectivity index (χ1n) is 3.02. The minimum Gasteiger partial charge on any atom is -0.505 e. The van der Waals surface area contributed by atoms with E-state index in [1.165, 1.54) is 6.07 Å². The second-order valence-corrected chi connectivity index (χ2v) is 2.85. The molecule has 0 saturated carbocycles. The molecule has 0 amide bonds. The quantitative estimate of drug-likeness (QED) is 0.859. The summed E-state index contributed by atoms with van der Waals surface area (Å²) in [4.78, 5) is 0. The SMILES string of the molecule is Oc1cc(OCF)cc(Br)c1F. The van der Waals surface area contributed by atoms with Crippen LogP contribution in [0.3, 0.4) is 0 Å². The van der Waals surface area contributed by atoms with Crippen molar-refractivity contribution in [1.82, 2.24) is 0 Å². The van der Waals surface area contributed by atoms with Crippen molar-refractivity contribution in [1.29, 1.82) is 0 Å². The molecule has 0 saturated heterocycles. The zero-order chi connectivity index (χ0) is 9.14. The van der Waals surface area contributed by atoms with Gasteiger partial charge in [0.2, 0.25) is 6.86 Å². The molecule has 0 spiro atoms. The van der Waals surface area contributed by atoms with Crippen molar-refractivity contribution in [3.63, 3.8) is 0 Å². The van der Waals surface area contributed by atoms with E-state index in [1.54, 1.807) is 0 Å². The third-order valence-electron chi connectivity index (χ3n) is 1.20. The Kier molecular flexibility index (Phi) is 2.86. The Labute approximate surface area is 75.9 Å². The van der Waals surface area contributed by atoms with Crippen molar-refractivity contribution in [3.05, 3.63) is 22.4 Å². The molecule has 0 radical (unpaired) electrons. The molecule has 12 heavy (non-hydrogen) atoms. The van der Waals surface area contributed by atoms with Crippen LogP contribution in [0, 0.1) is 5.82 Å². The van der Waals surface area contributed by atoms with E-state index in [2.05, 4.69) is 20.7 Å². The molecule has 0 unspecified atom stereocenters. The normalized spacial score (nSPS) is 9.92. The van der Waals surface area contributed by atoms with Gasteiger partial charge in [-0.2, -0.15) is 0 Å². The first-order chi connectivity index (χ1) is 5.65. The average Bonchev–Trinajstić information content (AvgIpc) is 2.01. The largest absolute Gasteiger partial charge is 0.505 e. The zero-order valence-electron chi connectivity index (χ0n) is 5.85. The summed E-state index contributed by atoms with van der Waals surface area (Å²) < 4.78 is 28.8. The lowest BCUT2D eigenvalue weighted by Gasteiger charge is -2.03. The minimum absolute atomic E-state index is 0.0333. The van der Waals surface area contributed by atoms with Crippen LogP contribution in [-0.2, 0) is 0 Å². The number of hydrogen-bond acceptors (Lipinski definition) is 2. The maximum atomic E-state index is 12.7. The zero-order valence-corrected chi connectivity index (χ0v) is 7.44. The Hall–Kier alpha value is -0.840. The maximum absolute atomic E-state index is 12.7. The molecule has 0 aliphatic heterocycles. The third kappa shape index (κ3) is 1.85. The van der Waals surface area contributed by atoms with Gasteiger partial charge in [-0.1, -0.05) is 0 Å². The molecule has 0 bridgehead atoms. The number of ether oxygens (including phenoxy) is 1. The van der Waals surface area contributed by atoms with Gasteiger partial charge in [0.15, 0.2) is 11.6 Å². The van der Waals surface area contributed by atoms with Gasteiger partial charge in [0.25, 0.3) is 0 Å². The number of benzene rings is 1. The van der Waals surface area contributed by atoms with Crippen LogP contribution in [0.25, 0.3) is 0 Å². The summed E-state index contributed by atoms with van der Waals surface area (Å²) in [6, 6.07) is 2.23. The second kappa shape index (κ2) is 3.71. The molecule has 1 N–H and O–H groups in total. The number of halogens is 3. The molecule has 2 nitrogen and oxygen atoms in total. The van der Waals surface area contributed by atoms with Crippen LogP contribution in [0.1, 0.15) is 0 Å². The van der Waals surface area contributed by atoms with Crippen molar-refractivity contribution >= 4 is 15.9 Å². The Morgan fingerprint density at radius 1 is 1.50 bits per heavy atom. The number of phenols is 1. The van der Waals surface area contributed by atoms with Crippen molar-refractivity contribution < 1.29 is 18.6 Å². The van der Waals surface area contributed by atoms with E-state index >= 15 is 0 Å². The molecule has 1 aromatic rings. The van der Waals surface area contributed by atoms with Crippen molar-refractivity contribution in [2.75, 3.05) is 6.86 Å². The summed E-state index contributed by atoms with van der Waals surface area (Å²) in [5.41, 5.74) is 0. The number of hydrogen-bond donors (Lipinski definition) is 1. The Morgan fingerprint density at radius 3 is 2.67 bits per heavy atom. The fourth-order valence-corrected chi connectivity index (χ4v) is 1.13. The highest BCUT2D eigenvalue weighted by Crippen LogP contribution is 2.29. The molecule has 0 aliphatic carbocycles. The Balaban J connectivity index is 3.04. The molecular formula is C7H5BrF2O2. The molecule has 1 aromatic carbocycles. The van der Waals surface area contributed by atoms with Crippen LogP contribution in [0.5, 0.6) is 11.5 Å². The molecule has 5 heteroatoms. The lowest BCUT2D eigenvalue weighted by atomic mass is 10.3. The third-order valence-corrected chi connectivity index (χ3v) is 1.78. The van der Waals surface area contributed by atoms with Crippen molar-refractivity contribution in [2.24, 2.45) is 0 Å². The standard InChI is InChI=1S/C7H5BrF2O2/c8-5-1-4(12-3-9)2-6(11)7(5)10/h1-2,11H,3H2. The lowest BCUT2D eigenvalue weighted by Crippen LogP contribution is -1.90. The van der Waals surface area contributed by atoms with E-state index in [1.807, 2.05) is 0 Å². The smallest absolute Gasteiger partial charge is 0.228 e. The maximum Gasteiger partial charge on any atom is 0.228 e. The van der Waals surface area contributed by atoms with Gasteiger partial charge < -0.3 is 9.84 Å². The highest BCUT2D eigenvalue weighted by atomic mass is 79.9. The van der Waals surface area contributed by atoms with Crippen LogP contribution in [0.4, 0.5) is 8.78 Å². The molecule has 1 rings (SSSR count). The van der Waals surface area contributed by atoms with Gasteiger partial charge in [-0.05, 0) is 22.0 Å². The van der Waals surface area contributed by atoms with E-state index in [0.717, 1.165) is 6.07 Å². The van der Waals surface area contributed by atoms with Crippen LogP contribution >= 0.6 is 15.9 Å². The minimum atomic E-state index is -1.02. The predicted molar refractivity (Wildman–Crippen MR) is 42.4 cm³/mol. The number of rotatable bonds is 2. The number of aromatic hydroxyl groups is 1. The topological polar surface area (TPSA) is 29.5 Å². The summed E-state index contributed by atoms with van der Waals surface area (Å²) in [5, 5.41) is 8.90. The monoisotopic (exact) mass is 238 g/mol. The van der Waals surface area contributed by atoms with Gasteiger partial charge in [0.1, 0.15) is 5.75 Å². The molecule has 0 atom stereocenters. The van der Waals surface area contributed by atoms with Gasteiger partial charge in [0.05, 0.1) is 4.47 Å². The summed E-state index contributed by atoms with van der Waals surface area (Å²) in [6.07, 6.45) is 0. The van der Waals surface area contributed by atoms with Gasteiger partial charge in [-0.3, -0.25) is 0 Å². The molecular weight excluding hydrogens is 234 g/mol. The Bertz CT molecular complexity index is 268. The molecule has 66 valence electrons. The Morgan fingerprint density at radius 2 is 2.17 bits per heavy atom. The molecule has 0 fully saturated rings. The molecule has 0 aliphatic rings. The molecule has 0 aromatic heterocycles. The lowest BCUT2D eigenvalue weighted by molar-refractivity contribution is 0.191. The van der Waals surface area contributed by atoms with Crippen LogP contribution in [-0.4, -0.2) is 12.0 Å². The first kappa shape index (κ1) is 9.25. The highest BCUT2D eigenvalue weighted by Gasteiger charge is 2.07. The number of alkyl halides is 1. The van der Waals surface area contributed by atoms with E-state index < -0.39 is 18.4 Å². The summed E-state index contributed by atoms with van der Waals surface area (Å²) in [6.45, 7) is -1.02. The van der Waals surface area contributed by atoms with E-state index in [4.69, 9.17) is 5.11 Å². The van der Waals surface area contributed by atoms with Crippen molar-refractivity contribution in [2.45, 2.75) is 0 Å². The van der Waals surface area contributed by atoms with Crippen LogP contribution in [0.2, 0.25) is 0 Å².